The number of unbranched alkanes of at least 4 members (excludes halogenated alkanes) is 14. The number of carboxylic acids is 1. The zero-order valence-corrected chi connectivity index (χ0v) is 19.9. The van der Waals surface area contributed by atoms with Crippen LogP contribution < -0.4 is 56.7 Å². The van der Waals surface area contributed by atoms with Gasteiger partial charge in [-0.05, 0) is 6.42 Å². The van der Waals surface area contributed by atoms with E-state index in [1.54, 1.807) is 0 Å². The van der Waals surface area contributed by atoms with Crippen molar-refractivity contribution < 1.29 is 67.5 Å². The molecule has 0 aromatic rings. The fraction of sp³-hybridized carbons (Fsp3) is 0.900. The summed E-state index contributed by atoms with van der Waals surface area (Å²) >= 11 is 0. The average molecular weight is 382 g/mol. The maximum Gasteiger partial charge on any atom is 1.00 e. The van der Waals surface area contributed by atoms with Crippen LogP contribution in [0.3, 0.4) is 0 Å². The zero-order chi connectivity index (χ0) is 17.9. The number of hydrogen-bond acceptors (Lipinski definition) is 2. The third-order valence-electron chi connectivity index (χ3n) is 4.44. The first-order chi connectivity index (χ1) is 11.7. The van der Waals surface area contributed by atoms with Crippen LogP contribution in [0.2, 0.25) is 0 Å². The van der Waals surface area contributed by atoms with E-state index in [1.807, 2.05) is 0 Å². The Bertz CT molecular complexity index is 317. The van der Waals surface area contributed by atoms with Gasteiger partial charge in [0, 0.05) is 6.42 Å². The molecule has 5 heteroatoms. The molecule has 144 valence electrons. The molecule has 0 fully saturated rings. The molecule has 0 radical (unpaired) electrons. The van der Waals surface area contributed by atoms with Crippen molar-refractivity contribution in [2.45, 2.75) is 110 Å². The number of rotatable bonds is 18. The fourth-order valence-electron chi connectivity index (χ4n) is 2.92. The molecule has 2 N–H and O–H groups in total. The van der Waals surface area contributed by atoms with Crippen molar-refractivity contribution in [3.05, 3.63) is 0 Å². The van der Waals surface area contributed by atoms with Crippen molar-refractivity contribution in [3.63, 3.8) is 0 Å². The van der Waals surface area contributed by atoms with Crippen LogP contribution in [0.25, 0.3) is 0 Å². The van der Waals surface area contributed by atoms with Gasteiger partial charge in [0.25, 0.3) is 0 Å². The molecule has 0 aliphatic carbocycles. The number of carbonyl (C=O) groups is 2. The van der Waals surface area contributed by atoms with E-state index in [0.29, 0.717) is 6.42 Å². The van der Waals surface area contributed by atoms with Crippen molar-refractivity contribution in [2.24, 2.45) is 0 Å². The van der Waals surface area contributed by atoms with Gasteiger partial charge in [0.05, 0.1) is 0 Å². The van der Waals surface area contributed by atoms with Crippen molar-refractivity contribution >= 4 is 11.9 Å². The molecule has 0 unspecified atom stereocenters. The summed E-state index contributed by atoms with van der Waals surface area (Å²) in [5.74, 6) is -1.13. The molecule has 25 heavy (non-hydrogen) atoms. The van der Waals surface area contributed by atoms with Gasteiger partial charge in [0.15, 0.2) is 0 Å². The summed E-state index contributed by atoms with van der Waals surface area (Å²) in [5.41, 5.74) is 0. The number of carbonyl (C=O) groups excluding carboxylic acids is 1. The van der Waals surface area contributed by atoms with E-state index >= 15 is 0 Å². The smallest absolute Gasteiger partial charge is 1.00 e. The van der Waals surface area contributed by atoms with Crippen molar-refractivity contribution in [1.82, 2.24) is 5.32 Å². The molecule has 0 aliphatic rings. The second kappa shape index (κ2) is 22.6. The summed E-state index contributed by atoms with van der Waals surface area (Å²) in [6, 6.07) is 0. The van der Waals surface area contributed by atoms with E-state index < -0.39 is 5.97 Å². The largest absolute Gasteiger partial charge is 1.00 e. The normalized spacial score (nSPS) is 10.3. The molecule has 0 aromatic heterocycles. The van der Waals surface area contributed by atoms with Gasteiger partial charge in [-0.2, -0.15) is 0 Å². The standard InChI is InChI=1S/C20H39NO3.K.H/c1-2-3-4-5-6-7-8-9-10-11-12-13-14-15-16-17-19(22)21-18-20(23)24;;/h2-18H2,1H3,(H,21,22)(H,23,24);;/q;+1;-1. The number of hydrogen-bond donors (Lipinski definition) is 2. The van der Waals surface area contributed by atoms with Gasteiger partial charge >= 0.3 is 57.4 Å². The summed E-state index contributed by atoms with van der Waals surface area (Å²) in [4.78, 5) is 21.6. The maximum atomic E-state index is 11.3. The van der Waals surface area contributed by atoms with Crippen LogP contribution in [0, 0.1) is 0 Å². The van der Waals surface area contributed by atoms with E-state index in [9.17, 15) is 9.59 Å². The topological polar surface area (TPSA) is 66.4 Å². The van der Waals surface area contributed by atoms with Gasteiger partial charge in [-0.25, -0.2) is 0 Å². The molecule has 0 rings (SSSR count). The van der Waals surface area contributed by atoms with E-state index in [2.05, 4.69) is 12.2 Å². The van der Waals surface area contributed by atoms with Gasteiger partial charge in [0.2, 0.25) is 5.91 Å². The number of carboxylic acid groups (broad SMARTS) is 1. The third-order valence-corrected chi connectivity index (χ3v) is 4.44. The molecule has 0 aliphatic heterocycles. The van der Waals surface area contributed by atoms with Gasteiger partial charge in [0.1, 0.15) is 6.54 Å². The summed E-state index contributed by atoms with van der Waals surface area (Å²) < 4.78 is 0. The molecule has 0 aromatic carbocycles. The molecule has 0 heterocycles. The van der Waals surface area contributed by atoms with Crippen LogP contribution in [0.1, 0.15) is 111 Å². The molecule has 0 spiro atoms. The molecular formula is C20H40KNO3. The van der Waals surface area contributed by atoms with E-state index in [-0.39, 0.29) is 65.3 Å². The molecule has 0 atom stereocenters. The second-order valence-electron chi connectivity index (χ2n) is 6.87. The average Bonchev–Trinajstić information content (AvgIpc) is 2.56. The number of aliphatic carboxylic acids is 1. The van der Waals surface area contributed by atoms with Gasteiger partial charge < -0.3 is 11.8 Å². The Morgan fingerprint density at radius 1 is 0.720 bits per heavy atom. The minimum absolute atomic E-state index is 0. The second-order valence-corrected chi connectivity index (χ2v) is 6.87. The van der Waals surface area contributed by atoms with Gasteiger partial charge in [-0.15, -0.1) is 0 Å². The van der Waals surface area contributed by atoms with Crippen molar-refractivity contribution in [3.8, 4) is 0 Å². The zero-order valence-electron chi connectivity index (χ0n) is 17.8. The summed E-state index contributed by atoms with van der Waals surface area (Å²) in [6.45, 7) is 2.00. The van der Waals surface area contributed by atoms with Gasteiger partial charge in [-0.3, -0.25) is 9.59 Å². The van der Waals surface area contributed by atoms with Gasteiger partial charge in [-0.1, -0.05) is 96.8 Å². The molecule has 1 amide bonds. The molecule has 0 saturated carbocycles. The minimum Gasteiger partial charge on any atom is -1.00 e. The van der Waals surface area contributed by atoms with E-state index in [0.717, 1.165) is 12.8 Å². The Morgan fingerprint density at radius 3 is 1.44 bits per heavy atom. The van der Waals surface area contributed by atoms with Crippen LogP contribution in [-0.4, -0.2) is 23.5 Å². The SMILES string of the molecule is CCCCCCCCCCCCCCCCCC(=O)NCC(=O)O.[H-].[K+]. The minimum atomic E-state index is -0.986. The number of nitrogens with one attached hydrogen (secondary N) is 1. The molecule has 0 bridgehead atoms. The van der Waals surface area contributed by atoms with E-state index in [4.69, 9.17) is 5.11 Å². The summed E-state index contributed by atoms with van der Waals surface area (Å²) in [6.07, 6.45) is 20.0. The van der Waals surface area contributed by atoms with Crippen LogP contribution in [-0.2, 0) is 9.59 Å². The predicted octanol–water partition coefficient (Wildman–Crippen LogP) is 2.57. The quantitative estimate of drug-likeness (QED) is 0.283. The van der Waals surface area contributed by atoms with Crippen molar-refractivity contribution in [2.75, 3.05) is 6.54 Å². The first kappa shape index (κ1) is 27.8. The monoisotopic (exact) mass is 381 g/mol. The van der Waals surface area contributed by atoms with Crippen LogP contribution in [0.5, 0.6) is 0 Å². The van der Waals surface area contributed by atoms with E-state index in [1.165, 1.54) is 83.5 Å². The van der Waals surface area contributed by atoms with Crippen LogP contribution in [0.15, 0.2) is 0 Å². The van der Waals surface area contributed by atoms with Crippen LogP contribution >= 0.6 is 0 Å². The Labute approximate surface area is 199 Å². The Hall–Kier alpha value is 0.576. The predicted molar refractivity (Wildman–Crippen MR) is 101 cm³/mol. The Morgan fingerprint density at radius 2 is 1.08 bits per heavy atom. The fourth-order valence-corrected chi connectivity index (χ4v) is 2.92. The molecular weight excluding hydrogens is 341 g/mol. The Balaban J connectivity index is -0.00000264. The third kappa shape index (κ3) is 24.6. The van der Waals surface area contributed by atoms with Crippen LogP contribution in [0.4, 0.5) is 0 Å². The Kier molecular flexibility index (Phi) is 25.1. The summed E-state index contributed by atoms with van der Waals surface area (Å²) in [7, 11) is 0. The molecule has 0 saturated heterocycles. The van der Waals surface area contributed by atoms with Crippen molar-refractivity contribution in [1.29, 1.82) is 0 Å². The summed E-state index contributed by atoms with van der Waals surface area (Å²) in [5, 5.41) is 10.8. The first-order valence-electron chi connectivity index (χ1n) is 10.1. The first-order valence-corrected chi connectivity index (χ1v) is 10.1. The number of amides is 1. The maximum absolute atomic E-state index is 11.3. The molecule has 4 nitrogen and oxygen atoms in total.